The second-order valence-electron chi connectivity index (χ2n) is 9.90. The summed E-state index contributed by atoms with van der Waals surface area (Å²) >= 11 is 1.77. The Labute approximate surface area is 241 Å². The molecule has 1 aliphatic heterocycles. The highest BCUT2D eigenvalue weighted by molar-refractivity contribution is 7.99. The summed E-state index contributed by atoms with van der Waals surface area (Å²) in [6.07, 6.45) is 0. The first-order valence-electron chi connectivity index (χ1n) is 14.1. The minimum Gasteiger partial charge on any atom is -0.478 e. The highest BCUT2D eigenvalue weighted by atomic mass is 32.2. The van der Waals surface area contributed by atoms with Crippen LogP contribution in [-0.2, 0) is 5.54 Å². The predicted octanol–water partition coefficient (Wildman–Crippen LogP) is 7.95. The topological polar surface area (TPSA) is 55.8 Å². The van der Waals surface area contributed by atoms with Crippen molar-refractivity contribution in [3.8, 4) is 0 Å². The molecule has 5 nitrogen and oxygen atoms in total. The summed E-state index contributed by atoms with van der Waals surface area (Å²) in [5, 5.41) is 14.3. The van der Waals surface area contributed by atoms with E-state index in [1.54, 1.807) is 23.9 Å². The zero-order chi connectivity index (χ0) is 28.3. The zero-order valence-corrected chi connectivity index (χ0v) is 24.5. The van der Waals surface area contributed by atoms with Gasteiger partial charge in [0.15, 0.2) is 0 Å². The van der Waals surface area contributed by atoms with Gasteiger partial charge in [-0.3, -0.25) is 0 Å². The van der Waals surface area contributed by atoms with Gasteiger partial charge in [0.1, 0.15) is 5.54 Å². The van der Waals surface area contributed by atoms with E-state index in [9.17, 15) is 9.90 Å². The quantitative estimate of drug-likeness (QED) is 0.209. The summed E-state index contributed by atoms with van der Waals surface area (Å²) in [7, 11) is 0. The van der Waals surface area contributed by atoms with Gasteiger partial charge >= 0.3 is 5.97 Å². The Hall–Kier alpha value is -3.90. The number of carboxylic acid groups (broad SMARTS) is 1. The lowest BCUT2D eigenvalue weighted by Crippen LogP contribution is -2.42. The maximum atomic E-state index is 12.7. The van der Waals surface area contributed by atoms with Crippen LogP contribution in [0.25, 0.3) is 0 Å². The van der Waals surface area contributed by atoms with E-state index in [4.69, 9.17) is 0 Å². The number of para-hydroxylation sites is 1. The van der Waals surface area contributed by atoms with E-state index < -0.39 is 11.5 Å². The van der Waals surface area contributed by atoms with Crippen molar-refractivity contribution in [3.63, 3.8) is 0 Å². The number of hydrogen-bond acceptors (Lipinski definition) is 5. The molecule has 40 heavy (non-hydrogen) atoms. The van der Waals surface area contributed by atoms with Gasteiger partial charge in [0.2, 0.25) is 0 Å². The van der Waals surface area contributed by atoms with Crippen molar-refractivity contribution >= 4 is 34.8 Å². The van der Waals surface area contributed by atoms with Gasteiger partial charge in [0.25, 0.3) is 0 Å². The van der Waals surface area contributed by atoms with E-state index in [1.807, 2.05) is 42.5 Å². The number of rotatable bonds is 10. The Kier molecular flexibility index (Phi) is 8.08. The van der Waals surface area contributed by atoms with Crippen molar-refractivity contribution in [3.05, 3.63) is 113 Å². The fourth-order valence-corrected chi connectivity index (χ4v) is 7.13. The summed E-state index contributed by atoms with van der Waals surface area (Å²) in [4.78, 5) is 19.6. The lowest BCUT2D eigenvalue weighted by atomic mass is 9.74. The highest BCUT2D eigenvalue weighted by Crippen LogP contribution is 2.54. The number of carbonyl (C=O) groups is 1. The molecule has 5 rings (SSSR count). The number of benzene rings is 4. The number of nitrogens with zero attached hydrogens (tertiary/aromatic N) is 2. The van der Waals surface area contributed by atoms with Gasteiger partial charge in [-0.1, -0.05) is 60.3 Å². The van der Waals surface area contributed by atoms with Crippen LogP contribution in [0.15, 0.2) is 101 Å². The van der Waals surface area contributed by atoms with Gasteiger partial charge in [0.05, 0.1) is 5.56 Å². The van der Waals surface area contributed by atoms with Crippen LogP contribution in [-0.4, -0.2) is 37.3 Å². The third-order valence-corrected chi connectivity index (χ3v) is 9.00. The van der Waals surface area contributed by atoms with E-state index in [1.165, 1.54) is 11.4 Å². The molecule has 1 heterocycles. The van der Waals surface area contributed by atoms with Gasteiger partial charge in [-0.15, -0.1) is 0 Å². The van der Waals surface area contributed by atoms with Gasteiger partial charge in [-0.05, 0) is 70.2 Å². The summed E-state index contributed by atoms with van der Waals surface area (Å²) < 4.78 is 0. The van der Waals surface area contributed by atoms with Gasteiger partial charge in [-0.25, -0.2) is 4.79 Å². The molecule has 4 aromatic rings. The molecule has 0 aromatic heterocycles. The van der Waals surface area contributed by atoms with E-state index >= 15 is 0 Å². The Balaban J connectivity index is 1.86. The Morgan fingerprint density at radius 1 is 0.700 bits per heavy atom. The molecule has 0 spiro atoms. The van der Waals surface area contributed by atoms with Gasteiger partial charge in [0, 0.05) is 69.7 Å². The fourth-order valence-electron chi connectivity index (χ4n) is 5.87. The number of fused-ring (bicyclic) bond motifs is 2. The maximum Gasteiger partial charge on any atom is 0.336 e. The van der Waals surface area contributed by atoms with Crippen LogP contribution in [0.3, 0.4) is 0 Å². The molecule has 0 saturated heterocycles. The molecule has 0 unspecified atom stereocenters. The standard InChI is InChI=1S/C34H37N3O2S/c1-5-36(6-2)25-18-20-29-31(22-25)40-32-23-26(37(7-3)8-4)19-21-30(32)34(29,35-24-14-10-9-11-15-24)28-17-13-12-16-27(28)33(38)39/h9-23,35H,5-8H2,1-4H3,(H,38,39). The molecule has 206 valence electrons. The second-order valence-corrected chi connectivity index (χ2v) is 11.0. The molecule has 6 heteroatoms. The Morgan fingerprint density at radius 2 is 1.20 bits per heavy atom. The third kappa shape index (κ3) is 4.81. The van der Waals surface area contributed by atoms with Crippen molar-refractivity contribution in [2.45, 2.75) is 43.0 Å². The minimum absolute atomic E-state index is 0.287. The smallest absolute Gasteiger partial charge is 0.336 e. The number of aromatic carboxylic acids is 1. The van der Waals surface area contributed by atoms with Crippen LogP contribution < -0.4 is 15.1 Å². The largest absolute Gasteiger partial charge is 0.478 e. The monoisotopic (exact) mass is 551 g/mol. The van der Waals surface area contributed by atoms with E-state index in [-0.39, 0.29) is 5.56 Å². The zero-order valence-electron chi connectivity index (χ0n) is 23.6. The lowest BCUT2D eigenvalue weighted by Gasteiger charge is -2.43. The van der Waals surface area contributed by atoms with Crippen molar-refractivity contribution in [2.24, 2.45) is 0 Å². The first kappa shape index (κ1) is 27.7. The molecule has 0 saturated carbocycles. The van der Waals surface area contributed by atoms with E-state index in [0.29, 0.717) is 0 Å². The first-order valence-corrected chi connectivity index (χ1v) is 14.9. The van der Waals surface area contributed by atoms with E-state index in [0.717, 1.165) is 58.3 Å². The molecule has 0 fully saturated rings. The molecule has 0 aliphatic carbocycles. The Morgan fingerprint density at radius 3 is 1.70 bits per heavy atom. The van der Waals surface area contributed by atoms with Crippen molar-refractivity contribution in [1.82, 2.24) is 0 Å². The average molecular weight is 552 g/mol. The number of carboxylic acids is 1. The number of nitrogens with one attached hydrogen (secondary N) is 1. The van der Waals surface area contributed by atoms with Crippen molar-refractivity contribution in [2.75, 3.05) is 41.3 Å². The minimum atomic E-state index is -0.939. The van der Waals surface area contributed by atoms with Crippen molar-refractivity contribution in [1.29, 1.82) is 0 Å². The van der Waals surface area contributed by atoms with Crippen molar-refractivity contribution < 1.29 is 9.90 Å². The van der Waals surface area contributed by atoms with Crippen LogP contribution in [0.2, 0.25) is 0 Å². The summed E-state index contributed by atoms with van der Waals surface area (Å²) in [5.74, 6) is -0.939. The summed E-state index contributed by atoms with van der Waals surface area (Å²) in [6.45, 7) is 12.3. The van der Waals surface area contributed by atoms with Crippen LogP contribution in [0.5, 0.6) is 0 Å². The first-order chi connectivity index (χ1) is 19.5. The molecule has 0 radical (unpaired) electrons. The molecule has 0 atom stereocenters. The predicted molar refractivity (Wildman–Crippen MR) is 167 cm³/mol. The second kappa shape index (κ2) is 11.7. The molecule has 0 bridgehead atoms. The Bertz CT molecular complexity index is 1440. The summed E-state index contributed by atoms with van der Waals surface area (Å²) in [5.41, 5.74) is 5.45. The van der Waals surface area contributed by atoms with E-state index in [2.05, 4.69) is 79.2 Å². The van der Waals surface area contributed by atoms with Crippen LogP contribution in [0, 0.1) is 0 Å². The molecular weight excluding hydrogens is 514 g/mol. The van der Waals surface area contributed by atoms with Crippen LogP contribution in [0.4, 0.5) is 17.1 Å². The molecular formula is C34H37N3O2S. The summed E-state index contributed by atoms with van der Waals surface area (Å²) in [6, 6.07) is 30.8. The molecule has 0 amide bonds. The molecule has 1 aliphatic rings. The highest BCUT2D eigenvalue weighted by Gasteiger charge is 2.45. The normalized spacial score (nSPS) is 13.2. The fraction of sp³-hybridized carbons (Fsp3) is 0.265. The lowest BCUT2D eigenvalue weighted by molar-refractivity contribution is 0.0695. The van der Waals surface area contributed by atoms with Crippen LogP contribution in [0.1, 0.15) is 54.7 Å². The maximum absolute atomic E-state index is 12.7. The molecule has 4 aromatic carbocycles. The molecule has 2 N–H and O–H groups in total. The number of hydrogen-bond donors (Lipinski definition) is 2. The van der Waals surface area contributed by atoms with Gasteiger partial charge < -0.3 is 20.2 Å². The average Bonchev–Trinajstić information content (AvgIpc) is 2.98. The van der Waals surface area contributed by atoms with Gasteiger partial charge in [-0.2, -0.15) is 0 Å². The third-order valence-electron chi connectivity index (χ3n) is 7.88. The SMILES string of the molecule is CCN(CC)c1ccc2c(c1)Sc1cc(N(CC)CC)ccc1C2(Nc1ccccc1)c1ccccc1C(=O)O. The number of anilines is 3. The van der Waals surface area contributed by atoms with Crippen LogP contribution >= 0.6 is 11.8 Å².